The second-order valence-corrected chi connectivity index (χ2v) is 3.93. The van der Waals surface area contributed by atoms with Gasteiger partial charge < -0.3 is 10.4 Å². The SMILES string of the molecule is C/C=C/CC(NC(=O)Cc1ccccc1)C(=O)O. The Hall–Kier alpha value is -2.10. The van der Waals surface area contributed by atoms with Gasteiger partial charge in [0.2, 0.25) is 5.91 Å². The number of hydrogen-bond donors (Lipinski definition) is 2. The summed E-state index contributed by atoms with van der Waals surface area (Å²) in [5.41, 5.74) is 0.866. The molecular weight excluding hydrogens is 230 g/mol. The molecule has 1 aromatic rings. The third-order valence-electron chi connectivity index (χ3n) is 2.45. The Bertz CT molecular complexity index is 426. The molecule has 2 N–H and O–H groups in total. The lowest BCUT2D eigenvalue weighted by Crippen LogP contribution is -2.41. The number of hydrogen-bond acceptors (Lipinski definition) is 2. The fourth-order valence-corrected chi connectivity index (χ4v) is 1.52. The monoisotopic (exact) mass is 247 g/mol. The molecule has 96 valence electrons. The van der Waals surface area contributed by atoms with Gasteiger partial charge in [0.15, 0.2) is 0 Å². The van der Waals surface area contributed by atoms with Crippen LogP contribution in [0.1, 0.15) is 18.9 Å². The fraction of sp³-hybridized carbons (Fsp3) is 0.286. The molecule has 1 unspecified atom stereocenters. The number of rotatable bonds is 6. The van der Waals surface area contributed by atoms with E-state index in [-0.39, 0.29) is 12.3 Å². The van der Waals surface area contributed by atoms with Crippen molar-refractivity contribution in [1.29, 1.82) is 0 Å². The minimum absolute atomic E-state index is 0.195. The normalized spacial score (nSPS) is 12.3. The number of allylic oxidation sites excluding steroid dienone is 1. The maximum Gasteiger partial charge on any atom is 0.326 e. The molecule has 0 aliphatic heterocycles. The molecule has 0 saturated carbocycles. The number of carbonyl (C=O) groups excluding carboxylic acids is 1. The molecule has 4 nitrogen and oxygen atoms in total. The van der Waals surface area contributed by atoms with Crippen LogP contribution in [0.4, 0.5) is 0 Å². The van der Waals surface area contributed by atoms with Crippen molar-refractivity contribution in [1.82, 2.24) is 5.32 Å². The van der Waals surface area contributed by atoms with Gasteiger partial charge in [-0.3, -0.25) is 4.79 Å². The molecule has 0 saturated heterocycles. The summed E-state index contributed by atoms with van der Waals surface area (Å²) in [6.45, 7) is 1.81. The van der Waals surface area contributed by atoms with Crippen molar-refractivity contribution in [3.8, 4) is 0 Å². The fourth-order valence-electron chi connectivity index (χ4n) is 1.52. The zero-order valence-electron chi connectivity index (χ0n) is 10.3. The Kier molecular flexibility index (Phi) is 5.64. The lowest BCUT2D eigenvalue weighted by Gasteiger charge is -2.12. The summed E-state index contributed by atoms with van der Waals surface area (Å²) in [5, 5.41) is 11.5. The Morgan fingerprint density at radius 1 is 1.33 bits per heavy atom. The van der Waals surface area contributed by atoms with Crippen LogP contribution in [0.25, 0.3) is 0 Å². The van der Waals surface area contributed by atoms with Crippen LogP contribution in [0.3, 0.4) is 0 Å². The topological polar surface area (TPSA) is 66.4 Å². The minimum Gasteiger partial charge on any atom is -0.480 e. The average molecular weight is 247 g/mol. The smallest absolute Gasteiger partial charge is 0.326 e. The molecule has 18 heavy (non-hydrogen) atoms. The molecule has 0 aliphatic rings. The first-order chi connectivity index (χ1) is 8.63. The summed E-state index contributed by atoms with van der Waals surface area (Å²) in [6, 6.07) is 8.36. The van der Waals surface area contributed by atoms with Gasteiger partial charge in [-0.15, -0.1) is 0 Å². The van der Waals surface area contributed by atoms with E-state index in [0.29, 0.717) is 6.42 Å². The van der Waals surface area contributed by atoms with Gasteiger partial charge in [-0.2, -0.15) is 0 Å². The molecule has 0 spiro atoms. The molecule has 0 bridgehead atoms. The van der Waals surface area contributed by atoms with Crippen LogP contribution in [0.15, 0.2) is 42.5 Å². The van der Waals surface area contributed by atoms with E-state index in [1.807, 2.05) is 37.3 Å². The van der Waals surface area contributed by atoms with Gasteiger partial charge in [0.1, 0.15) is 6.04 Å². The van der Waals surface area contributed by atoms with Crippen molar-refractivity contribution in [3.63, 3.8) is 0 Å². The van der Waals surface area contributed by atoms with E-state index in [2.05, 4.69) is 5.32 Å². The third kappa shape index (κ3) is 4.82. The highest BCUT2D eigenvalue weighted by Gasteiger charge is 2.18. The number of amides is 1. The van der Waals surface area contributed by atoms with Crippen molar-refractivity contribution >= 4 is 11.9 Å². The molecule has 1 aromatic carbocycles. The number of aliphatic carboxylic acids is 1. The lowest BCUT2D eigenvalue weighted by molar-refractivity contribution is -0.141. The second-order valence-electron chi connectivity index (χ2n) is 3.93. The van der Waals surface area contributed by atoms with Crippen LogP contribution < -0.4 is 5.32 Å². The summed E-state index contributed by atoms with van der Waals surface area (Å²) in [4.78, 5) is 22.6. The lowest BCUT2D eigenvalue weighted by atomic mass is 10.1. The van der Waals surface area contributed by atoms with E-state index < -0.39 is 12.0 Å². The average Bonchev–Trinajstić information content (AvgIpc) is 2.35. The Labute approximate surface area is 106 Å². The summed E-state index contributed by atoms with van der Waals surface area (Å²) >= 11 is 0. The van der Waals surface area contributed by atoms with Gasteiger partial charge in [-0.05, 0) is 18.9 Å². The zero-order valence-corrected chi connectivity index (χ0v) is 10.3. The van der Waals surface area contributed by atoms with E-state index in [1.165, 1.54) is 0 Å². The maximum absolute atomic E-state index is 11.7. The summed E-state index contributed by atoms with van der Waals surface area (Å²) < 4.78 is 0. The van der Waals surface area contributed by atoms with Crippen molar-refractivity contribution < 1.29 is 14.7 Å². The molecule has 1 amide bonds. The highest BCUT2D eigenvalue weighted by atomic mass is 16.4. The maximum atomic E-state index is 11.7. The molecule has 4 heteroatoms. The van der Waals surface area contributed by atoms with Gasteiger partial charge in [0.05, 0.1) is 6.42 Å². The Morgan fingerprint density at radius 2 is 2.00 bits per heavy atom. The van der Waals surface area contributed by atoms with Gasteiger partial charge >= 0.3 is 5.97 Å². The molecule has 0 fully saturated rings. The summed E-state index contributed by atoms with van der Waals surface area (Å²) in [7, 11) is 0. The predicted octanol–water partition coefficient (Wildman–Crippen LogP) is 1.76. The van der Waals surface area contributed by atoms with E-state index in [1.54, 1.807) is 12.2 Å². The van der Waals surface area contributed by atoms with Crippen LogP contribution in [-0.4, -0.2) is 23.0 Å². The molecule has 1 rings (SSSR count). The molecular formula is C14H17NO3. The third-order valence-corrected chi connectivity index (χ3v) is 2.45. The predicted molar refractivity (Wildman–Crippen MR) is 69.1 cm³/mol. The van der Waals surface area contributed by atoms with Gasteiger partial charge in [-0.1, -0.05) is 42.5 Å². The first-order valence-electron chi connectivity index (χ1n) is 5.80. The highest BCUT2D eigenvalue weighted by Crippen LogP contribution is 2.01. The van der Waals surface area contributed by atoms with E-state index in [4.69, 9.17) is 5.11 Å². The number of benzene rings is 1. The van der Waals surface area contributed by atoms with Gasteiger partial charge in [0, 0.05) is 0 Å². The largest absolute Gasteiger partial charge is 0.480 e. The number of carbonyl (C=O) groups is 2. The van der Waals surface area contributed by atoms with Crippen molar-refractivity contribution in [2.24, 2.45) is 0 Å². The standard InChI is InChI=1S/C14H17NO3/c1-2-3-9-12(14(17)18)15-13(16)10-11-7-5-4-6-8-11/h2-8,12H,9-10H2,1H3,(H,15,16)(H,17,18)/b3-2+. The highest BCUT2D eigenvalue weighted by molar-refractivity contribution is 5.84. The van der Waals surface area contributed by atoms with Gasteiger partial charge in [-0.25, -0.2) is 4.79 Å². The molecule has 0 heterocycles. The van der Waals surface area contributed by atoms with Crippen LogP contribution in [0.5, 0.6) is 0 Å². The van der Waals surface area contributed by atoms with Crippen molar-refractivity contribution in [2.45, 2.75) is 25.8 Å². The van der Waals surface area contributed by atoms with E-state index >= 15 is 0 Å². The minimum atomic E-state index is -1.02. The van der Waals surface area contributed by atoms with E-state index in [9.17, 15) is 9.59 Å². The molecule has 0 radical (unpaired) electrons. The van der Waals surface area contributed by atoms with E-state index in [0.717, 1.165) is 5.56 Å². The van der Waals surface area contributed by atoms with Crippen LogP contribution >= 0.6 is 0 Å². The quantitative estimate of drug-likeness (QED) is 0.753. The second kappa shape index (κ2) is 7.27. The Balaban J connectivity index is 2.54. The van der Waals surface area contributed by atoms with Crippen molar-refractivity contribution in [3.05, 3.63) is 48.0 Å². The number of carboxylic acids is 1. The van der Waals surface area contributed by atoms with Crippen LogP contribution in [0, 0.1) is 0 Å². The van der Waals surface area contributed by atoms with Crippen LogP contribution in [-0.2, 0) is 16.0 Å². The molecule has 0 aliphatic carbocycles. The van der Waals surface area contributed by atoms with Gasteiger partial charge in [0.25, 0.3) is 0 Å². The molecule has 1 atom stereocenters. The Morgan fingerprint density at radius 3 is 2.56 bits per heavy atom. The summed E-state index contributed by atoms with van der Waals surface area (Å²) in [5.74, 6) is -1.30. The molecule has 0 aromatic heterocycles. The summed E-state index contributed by atoms with van der Waals surface area (Å²) in [6.07, 6.45) is 3.98. The number of nitrogens with one attached hydrogen (secondary N) is 1. The zero-order chi connectivity index (χ0) is 13.4. The van der Waals surface area contributed by atoms with Crippen molar-refractivity contribution in [2.75, 3.05) is 0 Å². The number of carboxylic acid groups (broad SMARTS) is 1. The first kappa shape index (κ1) is 14.0. The van der Waals surface area contributed by atoms with Crippen LogP contribution in [0.2, 0.25) is 0 Å². The first-order valence-corrected chi connectivity index (χ1v) is 5.80.